The van der Waals surface area contributed by atoms with Crippen molar-refractivity contribution in [2.45, 2.75) is 33.7 Å². The summed E-state index contributed by atoms with van der Waals surface area (Å²) in [7, 11) is 0. The van der Waals surface area contributed by atoms with Gasteiger partial charge < -0.3 is 10.1 Å². The van der Waals surface area contributed by atoms with Gasteiger partial charge in [-0.1, -0.05) is 6.92 Å². The molecular weight excluding hydrogens is 252 g/mol. The van der Waals surface area contributed by atoms with Crippen LogP contribution in [0.2, 0.25) is 0 Å². The van der Waals surface area contributed by atoms with E-state index >= 15 is 0 Å². The summed E-state index contributed by atoms with van der Waals surface area (Å²) in [6.45, 7) is 7.78. The van der Waals surface area contributed by atoms with Crippen LogP contribution in [-0.4, -0.2) is 21.5 Å². The Balaban J connectivity index is 2.07. The van der Waals surface area contributed by atoms with Gasteiger partial charge in [0.15, 0.2) is 5.75 Å². The average molecular weight is 272 g/mol. The molecule has 0 aliphatic carbocycles. The molecule has 0 aromatic carbocycles. The normalized spacial score (nSPS) is 10.6. The first-order valence-electron chi connectivity index (χ1n) is 6.83. The van der Waals surface area contributed by atoms with E-state index in [9.17, 15) is 0 Å². The highest BCUT2D eigenvalue weighted by molar-refractivity contribution is 5.29. The highest BCUT2D eigenvalue weighted by atomic mass is 16.5. The molecule has 0 saturated carbocycles. The van der Waals surface area contributed by atoms with Crippen molar-refractivity contribution in [1.29, 1.82) is 0 Å². The van der Waals surface area contributed by atoms with Crippen LogP contribution in [-0.2, 0) is 6.54 Å². The molecule has 0 aliphatic heterocycles. The molecule has 0 saturated heterocycles. The predicted molar refractivity (Wildman–Crippen MR) is 77.8 cm³/mol. The second kappa shape index (κ2) is 6.96. The monoisotopic (exact) mass is 272 g/mol. The Morgan fingerprint density at radius 3 is 2.75 bits per heavy atom. The first-order chi connectivity index (χ1) is 9.70. The quantitative estimate of drug-likeness (QED) is 0.819. The third-order valence-electron chi connectivity index (χ3n) is 2.96. The lowest BCUT2D eigenvalue weighted by Gasteiger charge is -2.09. The first-order valence-corrected chi connectivity index (χ1v) is 6.83. The molecule has 0 bridgehead atoms. The van der Waals surface area contributed by atoms with Gasteiger partial charge in [0.05, 0.1) is 5.69 Å². The third kappa shape index (κ3) is 3.74. The second-order valence-electron chi connectivity index (χ2n) is 4.63. The van der Waals surface area contributed by atoms with Crippen molar-refractivity contribution in [1.82, 2.24) is 20.3 Å². The first kappa shape index (κ1) is 14.4. The summed E-state index contributed by atoms with van der Waals surface area (Å²) in [5.74, 6) is 0.684. The Bertz CT molecular complexity index is 572. The highest BCUT2D eigenvalue weighted by Crippen LogP contribution is 2.20. The molecule has 1 N–H and O–H groups in total. The van der Waals surface area contributed by atoms with Gasteiger partial charge in [-0.3, -0.25) is 4.98 Å². The van der Waals surface area contributed by atoms with E-state index in [2.05, 4.69) is 27.2 Å². The average Bonchev–Trinajstić information content (AvgIpc) is 2.44. The Kier molecular flexibility index (Phi) is 5.01. The summed E-state index contributed by atoms with van der Waals surface area (Å²) in [5, 5.41) is 3.34. The van der Waals surface area contributed by atoms with Crippen molar-refractivity contribution >= 4 is 0 Å². The molecule has 0 fully saturated rings. The lowest BCUT2D eigenvalue weighted by atomic mass is 10.2. The number of nitrogens with one attached hydrogen (secondary N) is 1. The molecule has 106 valence electrons. The van der Waals surface area contributed by atoms with Crippen LogP contribution in [0.5, 0.6) is 11.8 Å². The van der Waals surface area contributed by atoms with Crippen molar-refractivity contribution in [3.8, 4) is 11.8 Å². The molecule has 0 unspecified atom stereocenters. The van der Waals surface area contributed by atoms with E-state index in [1.54, 1.807) is 6.20 Å². The molecule has 5 heteroatoms. The summed E-state index contributed by atoms with van der Waals surface area (Å²) in [6.07, 6.45) is 4.66. The Morgan fingerprint density at radius 1 is 1.20 bits per heavy atom. The zero-order valence-electron chi connectivity index (χ0n) is 12.2. The van der Waals surface area contributed by atoms with E-state index in [0.717, 1.165) is 36.5 Å². The summed E-state index contributed by atoms with van der Waals surface area (Å²) in [6, 6.07) is 4.05. The summed E-state index contributed by atoms with van der Waals surface area (Å²) >= 11 is 0. The number of hydrogen-bond acceptors (Lipinski definition) is 5. The molecule has 0 atom stereocenters. The van der Waals surface area contributed by atoms with Gasteiger partial charge in [0.1, 0.15) is 0 Å². The van der Waals surface area contributed by atoms with E-state index in [-0.39, 0.29) is 0 Å². The van der Waals surface area contributed by atoms with Crippen LogP contribution in [0.15, 0.2) is 24.5 Å². The van der Waals surface area contributed by atoms with Gasteiger partial charge in [-0.25, -0.2) is 4.98 Å². The van der Waals surface area contributed by atoms with E-state index in [1.807, 2.05) is 32.2 Å². The van der Waals surface area contributed by atoms with E-state index in [0.29, 0.717) is 11.8 Å². The van der Waals surface area contributed by atoms with Crippen LogP contribution in [0, 0.1) is 13.8 Å². The Morgan fingerprint density at radius 2 is 2.05 bits per heavy atom. The lowest BCUT2D eigenvalue weighted by molar-refractivity contribution is 0.433. The van der Waals surface area contributed by atoms with Crippen LogP contribution >= 0.6 is 0 Å². The minimum absolute atomic E-state index is 0.359. The topological polar surface area (TPSA) is 59.9 Å². The summed E-state index contributed by atoms with van der Waals surface area (Å²) in [5.41, 5.74) is 2.84. The van der Waals surface area contributed by atoms with Crippen molar-refractivity contribution < 1.29 is 4.74 Å². The minimum atomic E-state index is 0.359. The fourth-order valence-electron chi connectivity index (χ4n) is 1.77. The minimum Gasteiger partial charge on any atom is -0.422 e. The predicted octanol–water partition coefficient (Wildman–Crippen LogP) is 2.78. The van der Waals surface area contributed by atoms with Crippen LogP contribution in [0.3, 0.4) is 0 Å². The molecule has 0 spiro atoms. The number of hydrogen-bond donors (Lipinski definition) is 1. The van der Waals surface area contributed by atoms with Gasteiger partial charge in [-0.05, 0) is 38.9 Å². The zero-order valence-corrected chi connectivity index (χ0v) is 12.2. The molecule has 2 aromatic rings. The van der Waals surface area contributed by atoms with Crippen molar-refractivity contribution in [3.05, 3.63) is 41.5 Å². The molecule has 2 aromatic heterocycles. The van der Waals surface area contributed by atoms with Gasteiger partial charge in [0.25, 0.3) is 0 Å². The number of nitrogens with zero attached hydrogens (tertiary/aromatic N) is 3. The van der Waals surface area contributed by atoms with Gasteiger partial charge in [-0.15, -0.1) is 0 Å². The molecule has 0 radical (unpaired) electrons. The zero-order chi connectivity index (χ0) is 14.4. The molecule has 2 rings (SSSR count). The smallest absolute Gasteiger partial charge is 0.322 e. The third-order valence-corrected chi connectivity index (χ3v) is 2.96. The maximum atomic E-state index is 5.67. The van der Waals surface area contributed by atoms with Crippen LogP contribution in [0.1, 0.15) is 30.3 Å². The second-order valence-corrected chi connectivity index (χ2v) is 4.63. The molecule has 0 aliphatic rings. The van der Waals surface area contributed by atoms with Crippen LogP contribution in [0.4, 0.5) is 0 Å². The SMILES string of the molecule is CCCNCc1cnc(Oc2cccnc2C)nc1C. The summed E-state index contributed by atoms with van der Waals surface area (Å²) in [4.78, 5) is 12.8. The van der Waals surface area contributed by atoms with E-state index < -0.39 is 0 Å². The number of ether oxygens (including phenoxy) is 1. The number of aryl methyl sites for hydroxylation is 2. The van der Waals surface area contributed by atoms with E-state index in [4.69, 9.17) is 4.74 Å². The number of rotatable bonds is 6. The standard InChI is InChI=1S/C15H20N4O/c1-4-7-16-9-13-10-18-15(19-11(13)2)20-14-6-5-8-17-12(14)3/h5-6,8,10,16H,4,7,9H2,1-3H3. The maximum Gasteiger partial charge on any atom is 0.322 e. The molecule has 2 heterocycles. The molecule has 0 amide bonds. The summed E-state index contributed by atoms with van der Waals surface area (Å²) < 4.78 is 5.67. The molecule has 5 nitrogen and oxygen atoms in total. The fraction of sp³-hybridized carbons (Fsp3) is 0.400. The fourth-order valence-corrected chi connectivity index (χ4v) is 1.77. The van der Waals surface area contributed by atoms with Crippen molar-refractivity contribution in [2.24, 2.45) is 0 Å². The molecule has 20 heavy (non-hydrogen) atoms. The van der Waals surface area contributed by atoms with Gasteiger partial charge in [0, 0.05) is 30.2 Å². The highest BCUT2D eigenvalue weighted by Gasteiger charge is 2.07. The molecular formula is C15H20N4O. The van der Waals surface area contributed by atoms with Gasteiger partial charge in [0.2, 0.25) is 0 Å². The van der Waals surface area contributed by atoms with Gasteiger partial charge in [-0.2, -0.15) is 4.98 Å². The lowest BCUT2D eigenvalue weighted by Crippen LogP contribution is -2.15. The van der Waals surface area contributed by atoms with Crippen molar-refractivity contribution in [3.63, 3.8) is 0 Å². The number of pyridine rings is 1. The van der Waals surface area contributed by atoms with E-state index in [1.165, 1.54) is 0 Å². The largest absolute Gasteiger partial charge is 0.422 e. The van der Waals surface area contributed by atoms with Crippen LogP contribution in [0.25, 0.3) is 0 Å². The number of aromatic nitrogens is 3. The van der Waals surface area contributed by atoms with Gasteiger partial charge >= 0.3 is 6.01 Å². The Labute approximate surface area is 119 Å². The maximum absolute atomic E-state index is 5.67. The Hall–Kier alpha value is -2.01. The van der Waals surface area contributed by atoms with Crippen LogP contribution < -0.4 is 10.1 Å². The van der Waals surface area contributed by atoms with Crippen molar-refractivity contribution in [2.75, 3.05) is 6.54 Å².